The third-order valence-electron chi connectivity index (χ3n) is 3.97. The van der Waals surface area contributed by atoms with E-state index in [0.29, 0.717) is 5.92 Å². The van der Waals surface area contributed by atoms with Crippen molar-refractivity contribution in [2.45, 2.75) is 31.6 Å². The molecule has 0 saturated heterocycles. The van der Waals surface area contributed by atoms with E-state index in [9.17, 15) is 0 Å². The summed E-state index contributed by atoms with van der Waals surface area (Å²) in [4.78, 5) is 0. The van der Waals surface area contributed by atoms with Crippen LogP contribution in [0.1, 0.15) is 36.3 Å². The van der Waals surface area contributed by atoms with Gasteiger partial charge in [-0.2, -0.15) is 0 Å². The molecule has 1 aromatic carbocycles. The van der Waals surface area contributed by atoms with E-state index in [2.05, 4.69) is 24.3 Å². The molecule has 94 valence electrons. The number of fused-ring (bicyclic) bond motifs is 1. The summed E-state index contributed by atoms with van der Waals surface area (Å²) >= 11 is 6.06. The van der Waals surface area contributed by atoms with E-state index in [1.54, 1.807) is 7.11 Å². The zero-order valence-corrected chi connectivity index (χ0v) is 11.3. The van der Waals surface area contributed by atoms with Crippen molar-refractivity contribution in [3.05, 3.63) is 57.8 Å². The van der Waals surface area contributed by atoms with Crippen molar-refractivity contribution in [3.63, 3.8) is 0 Å². The van der Waals surface area contributed by atoms with Crippen LogP contribution in [0.5, 0.6) is 0 Å². The zero-order valence-electron chi connectivity index (χ0n) is 10.6. The molecule has 1 atom stereocenters. The highest BCUT2D eigenvalue weighted by Gasteiger charge is 2.26. The van der Waals surface area contributed by atoms with Crippen molar-refractivity contribution in [3.8, 4) is 0 Å². The number of hydrogen-bond acceptors (Lipinski definition) is 1. The molecule has 0 amide bonds. The Kier molecular flexibility index (Phi) is 3.17. The average Bonchev–Trinajstić information content (AvgIpc) is 2.81. The van der Waals surface area contributed by atoms with Gasteiger partial charge in [0, 0.05) is 10.9 Å². The van der Waals surface area contributed by atoms with E-state index in [-0.39, 0.29) is 0 Å². The Morgan fingerprint density at radius 2 is 2.17 bits per heavy atom. The number of aryl methyl sites for hydroxylation is 1. The molecule has 3 rings (SSSR count). The Balaban J connectivity index is 1.93. The molecule has 0 saturated carbocycles. The zero-order chi connectivity index (χ0) is 12.5. The summed E-state index contributed by atoms with van der Waals surface area (Å²) in [5.74, 6) is 1.58. The second-order valence-corrected chi connectivity index (χ2v) is 5.44. The monoisotopic (exact) mass is 260 g/mol. The molecule has 1 nitrogen and oxygen atoms in total. The quantitative estimate of drug-likeness (QED) is 0.754. The minimum Gasteiger partial charge on any atom is -0.497 e. The second-order valence-electron chi connectivity index (χ2n) is 5.00. The van der Waals surface area contributed by atoms with Gasteiger partial charge in [-0.05, 0) is 61.1 Å². The van der Waals surface area contributed by atoms with E-state index in [4.69, 9.17) is 16.3 Å². The first-order chi connectivity index (χ1) is 8.78. The van der Waals surface area contributed by atoms with Crippen LogP contribution in [0.2, 0.25) is 5.02 Å². The maximum atomic E-state index is 6.06. The predicted molar refractivity (Wildman–Crippen MR) is 74.9 cm³/mol. The molecule has 0 bridgehead atoms. The molecule has 0 heterocycles. The molecule has 2 aliphatic carbocycles. The smallest absolute Gasteiger partial charge is 0.114 e. The minimum atomic E-state index is 0.566. The van der Waals surface area contributed by atoms with Crippen molar-refractivity contribution in [2.75, 3.05) is 7.11 Å². The van der Waals surface area contributed by atoms with E-state index in [0.717, 1.165) is 30.0 Å². The normalized spacial score (nSPS) is 22.2. The Morgan fingerprint density at radius 3 is 3.00 bits per heavy atom. The molecule has 0 fully saturated rings. The van der Waals surface area contributed by atoms with Gasteiger partial charge in [-0.25, -0.2) is 0 Å². The number of ether oxygens (including phenoxy) is 1. The topological polar surface area (TPSA) is 9.23 Å². The van der Waals surface area contributed by atoms with Crippen molar-refractivity contribution < 1.29 is 4.74 Å². The molecule has 1 aromatic rings. The van der Waals surface area contributed by atoms with Gasteiger partial charge in [-0.1, -0.05) is 23.2 Å². The fourth-order valence-electron chi connectivity index (χ4n) is 3.08. The van der Waals surface area contributed by atoms with Gasteiger partial charge in [-0.15, -0.1) is 0 Å². The third-order valence-corrected chi connectivity index (χ3v) is 4.21. The van der Waals surface area contributed by atoms with Gasteiger partial charge in [0.05, 0.1) is 7.11 Å². The van der Waals surface area contributed by atoms with Gasteiger partial charge in [0.15, 0.2) is 0 Å². The van der Waals surface area contributed by atoms with Crippen LogP contribution in [0.3, 0.4) is 0 Å². The van der Waals surface area contributed by atoms with Crippen LogP contribution in [-0.2, 0) is 11.2 Å². The maximum absolute atomic E-state index is 6.06. The van der Waals surface area contributed by atoms with Crippen LogP contribution in [-0.4, -0.2) is 7.11 Å². The first-order valence-electron chi connectivity index (χ1n) is 6.51. The fraction of sp³-hybridized carbons (Fsp3) is 0.375. The fourth-order valence-corrected chi connectivity index (χ4v) is 3.28. The molecule has 0 radical (unpaired) electrons. The standard InChI is InChI=1S/C16H17ClO/c1-18-14-4-2-3-11(10-14)15-7-5-12-9-13(17)6-8-16(12)15/h4,6,8-10,15H,2-3,5,7H2,1H3. The third kappa shape index (κ3) is 2.08. The molecular formula is C16H17ClO. The van der Waals surface area contributed by atoms with E-state index in [1.807, 2.05) is 6.07 Å². The molecule has 18 heavy (non-hydrogen) atoms. The SMILES string of the molecule is COC1=CCCC(C2CCc3cc(Cl)ccc32)=C1. The van der Waals surface area contributed by atoms with E-state index >= 15 is 0 Å². The van der Waals surface area contributed by atoms with Gasteiger partial charge in [0.25, 0.3) is 0 Å². The van der Waals surface area contributed by atoms with Crippen LogP contribution in [0.25, 0.3) is 0 Å². The molecular weight excluding hydrogens is 244 g/mol. The predicted octanol–water partition coefficient (Wildman–Crippen LogP) is 4.62. The summed E-state index contributed by atoms with van der Waals surface area (Å²) in [6.45, 7) is 0. The highest BCUT2D eigenvalue weighted by atomic mass is 35.5. The van der Waals surface area contributed by atoms with E-state index < -0.39 is 0 Å². The number of rotatable bonds is 2. The number of halogens is 1. The van der Waals surface area contributed by atoms with E-state index in [1.165, 1.54) is 23.1 Å². The van der Waals surface area contributed by atoms with Crippen LogP contribution in [0.4, 0.5) is 0 Å². The number of hydrogen-bond donors (Lipinski definition) is 0. The molecule has 2 heteroatoms. The van der Waals surface area contributed by atoms with Crippen LogP contribution >= 0.6 is 11.6 Å². The number of allylic oxidation sites excluding steroid dienone is 3. The van der Waals surface area contributed by atoms with Crippen LogP contribution in [0.15, 0.2) is 41.7 Å². The van der Waals surface area contributed by atoms with Crippen molar-refractivity contribution in [1.29, 1.82) is 0 Å². The van der Waals surface area contributed by atoms with Gasteiger partial charge in [0.2, 0.25) is 0 Å². The van der Waals surface area contributed by atoms with Crippen molar-refractivity contribution >= 4 is 11.6 Å². The lowest BCUT2D eigenvalue weighted by molar-refractivity contribution is 0.302. The Bertz CT molecular complexity index is 528. The summed E-state index contributed by atoms with van der Waals surface area (Å²) in [6, 6.07) is 6.32. The summed E-state index contributed by atoms with van der Waals surface area (Å²) in [5.41, 5.74) is 4.39. The van der Waals surface area contributed by atoms with Crippen LogP contribution < -0.4 is 0 Å². The lowest BCUT2D eigenvalue weighted by Gasteiger charge is -2.20. The summed E-state index contributed by atoms with van der Waals surface area (Å²) in [7, 11) is 1.74. The Morgan fingerprint density at radius 1 is 1.28 bits per heavy atom. The maximum Gasteiger partial charge on any atom is 0.114 e. The number of methoxy groups -OCH3 is 1. The lowest BCUT2D eigenvalue weighted by atomic mass is 9.87. The number of benzene rings is 1. The molecule has 1 unspecified atom stereocenters. The summed E-state index contributed by atoms with van der Waals surface area (Å²) in [5, 5.41) is 0.851. The average molecular weight is 261 g/mol. The highest BCUT2D eigenvalue weighted by Crippen LogP contribution is 2.42. The van der Waals surface area contributed by atoms with Gasteiger partial charge in [0.1, 0.15) is 5.76 Å². The minimum absolute atomic E-state index is 0.566. The van der Waals surface area contributed by atoms with Crippen LogP contribution in [0, 0.1) is 0 Å². The second kappa shape index (κ2) is 4.81. The molecule has 0 N–H and O–H groups in total. The summed E-state index contributed by atoms with van der Waals surface area (Å²) in [6.07, 6.45) is 8.98. The Hall–Kier alpha value is -1.21. The molecule has 2 aliphatic rings. The van der Waals surface area contributed by atoms with Gasteiger partial charge >= 0.3 is 0 Å². The van der Waals surface area contributed by atoms with Crippen molar-refractivity contribution in [2.24, 2.45) is 0 Å². The molecule has 0 aliphatic heterocycles. The van der Waals surface area contributed by atoms with Gasteiger partial charge in [-0.3, -0.25) is 0 Å². The first kappa shape index (κ1) is 11.9. The lowest BCUT2D eigenvalue weighted by Crippen LogP contribution is -2.03. The molecule has 0 aromatic heterocycles. The Labute approximate surface area is 113 Å². The highest BCUT2D eigenvalue weighted by molar-refractivity contribution is 6.30. The van der Waals surface area contributed by atoms with Crippen molar-refractivity contribution in [1.82, 2.24) is 0 Å². The molecule has 0 spiro atoms. The van der Waals surface area contributed by atoms with Gasteiger partial charge < -0.3 is 4.74 Å². The summed E-state index contributed by atoms with van der Waals surface area (Å²) < 4.78 is 5.35. The first-order valence-corrected chi connectivity index (χ1v) is 6.88. The largest absolute Gasteiger partial charge is 0.497 e.